The van der Waals surface area contributed by atoms with Crippen molar-refractivity contribution in [3.05, 3.63) is 24.3 Å². The molecule has 21 heavy (non-hydrogen) atoms. The molecule has 1 aromatic carbocycles. The number of hydrogen-bond acceptors (Lipinski definition) is 3. The number of nitrogens with two attached hydrogens (primary N) is 1. The number of nitrogens with zero attached hydrogens (tertiary/aromatic N) is 1. The first-order chi connectivity index (χ1) is 9.99. The molecule has 0 radical (unpaired) electrons. The van der Waals surface area contributed by atoms with Crippen LogP contribution in [0.5, 0.6) is 0 Å². The zero-order valence-corrected chi connectivity index (χ0v) is 13.7. The summed E-state index contributed by atoms with van der Waals surface area (Å²) in [6.45, 7) is 10.3. The maximum absolute atomic E-state index is 12.6. The second-order valence-electron chi connectivity index (χ2n) is 5.79. The molecule has 118 valence electrons. The third kappa shape index (κ3) is 5.38. The highest BCUT2D eigenvalue weighted by atomic mass is 16.2. The van der Waals surface area contributed by atoms with E-state index < -0.39 is 0 Å². The molecule has 1 amide bonds. The van der Waals surface area contributed by atoms with E-state index in [-0.39, 0.29) is 17.9 Å². The van der Waals surface area contributed by atoms with Gasteiger partial charge in [-0.3, -0.25) is 9.69 Å². The minimum absolute atomic E-state index is 0.0496. The van der Waals surface area contributed by atoms with E-state index >= 15 is 0 Å². The van der Waals surface area contributed by atoms with Gasteiger partial charge in [-0.15, -0.1) is 0 Å². The molecule has 0 saturated carbocycles. The van der Waals surface area contributed by atoms with Gasteiger partial charge in [-0.25, -0.2) is 0 Å². The number of anilines is 2. The van der Waals surface area contributed by atoms with Crippen LogP contribution < -0.4 is 11.1 Å². The first kappa shape index (κ1) is 17.5. The van der Waals surface area contributed by atoms with Crippen LogP contribution in [0.2, 0.25) is 0 Å². The number of nitrogen functional groups attached to an aromatic ring is 1. The van der Waals surface area contributed by atoms with Gasteiger partial charge in [0.15, 0.2) is 0 Å². The maximum Gasteiger partial charge on any atom is 0.241 e. The standard InChI is InChI=1S/C17H29N3O/c1-5-7-11-20(6-2)16(13(3)4)17(21)19-15-10-8-9-14(18)12-15/h8-10,12-13,16H,5-7,11,18H2,1-4H3,(H,19,21). The number of carbonyl (C=O) groups excluding carboxylic acids is 1. The number of nitrogens with one attached hydrogen (secondary N) is 1. The normalized spacial score (nSPS) is 12.7. The lowest BCUT2D eigenvalue weighted by Gasteiger charge is -2.32. The van der Waals surface area contributed by atoms with E-state index in [1.165, 1.54) is 0 Å². The highest BCUT2D eigenvalue weighted by molar-refractivity contribution is 5.95. The molecule has 0 spiro atoms. The number of likely N-dealkylation sites (N-methyl/N-ethyl adjacent to an activating group) is 1. The number of benzene rings is 1. The van der Waals surface area contributed by atoms with Crippen molar-refractivity contribution in [3.63, 3.8) is 0 Å². The highest BCUT2D eigenvalue weighted by Crippen LogP contribution is 2.17. The van der Waals surface area contributed by atoms with Gasteiger partial charge in [-0.2, -0.15) is 0 Å². The Morgan fingerprint density at radius 2 is 2.05 bits per heavy atom. The number of amides is 1. The summed E-state index contributed by atoms with van der Waals surface area (Å²) in [5, 5.41) is 2.99. The Morgan fingerprint density at radius 3 is 2.57 bits per heavy atom. The average Bonchev–Trinajstić information content (AvgIpc) is 2.42. The minimum Gasteiger partial charge on any atom is -0.399 e. The zero-order valence-electron chi connectivity index (χ0n) is 13.7. The first-order valence-electron chi connectivity index (χ1n) is 7.90. The Bertz CT molecular complexity index is 445. The van der Waals surface area contributed by atoms with E-state index in [2.05, 4.69) is 37.9 Å². The smallest absolute Gasteiger partial charge is 0.241 e. The first-order valence-corrected chi connectivity index (χ1v) is 7.90. The lowest BCUT2D eigenvalue weighted by molar-refractivity contribution is -0.122. The fraction of sp³-hybridized carbons (Fsp3) is 0.588. The van der Waals surface area contributed by atoms with Crippen LogP contribution in [0.1, 0.15) is 40.5 Å². The van der Waals surface area contributed by atoms with Crippen molar-refractivity contribution in [3.8, 4) is 0 Å². The van der Waals surface area contributed by atoms with Gasteiger partial charge in [0.2, 0.25) is 5.91 Å². The van der Waals surface area contributed by atoms with Crippen molar-refractivity contribution < 1.29 is 4.79 Å². The molecular formula is C17H29N3O. The summed E-state index contributed by atoms with van der Waals surface area (Å²) in [6, 6.07) is 7.22. The maximum atomic E-state index is 12.6. The van der Waals surface area contributed by atoms with Crippen LogP contribution in [0.3, 0.4) is 0 Å². The summed E-state index contributed by atoms with van der Waals surface area (Å²) in [5.74, 6) is 0.316. The summed E-state index contributed by atoms with van der Waals surface area (Å²) in [5.41, 5.74) is 7.18. The van der Waals surface area contributed by atoms with E-state index in [1.807, 2.05) is 18.2 Å². The van der Waals surface area contributed by atoms with Gasteiger partial charge in [0.05, 0.1) is 6.04 Å². The summed E-state index contributed by atoms with van der Waals surface area (Å²) in [6.07, 6.45) is 2.25. The molecule has 0 aromatic heterocycles. The predicted octanol–water partition coefficient (Wildman–Crippen LogP) is 3.35. The topological polar surface area (TPSA) is 58.4 Å². The van der Waals surface area contributed by atoms with E-state index in [0.29, 0.717) is 5.69 Å². The van der Waals surface area contributed by atoms with Crippen molar-refractivity contribution in [1.29, 1.82) is 0 Å². The molecule has 1 rings (SSSR count). The molecular weight excluding hydrogens is 262 g/mol. The quantitative estimate of drug-likeness (QED) is 0.722. The largest absolute Gasteiger partial charge is 0.399 e. The zero-order chi connectivity index (χ0) is 15.8. The highest BCUT2D eigenvalue weighted by Gasteiger charge is 2.27. The van der Waals surface area contributed by atoms with Gasteiger partial charge in [0.1, 0.15) is 0 Å². The van der Waals surface area contributed by atoms with Crippen molar-refractivity contribution in [2.45, 2.75) is 46.6 Å². The molecule has 0 fully saturated rings. The molecule has 0 saturated heterocycles. The van der Waals surface area contributed by atoms with E-state index in [0.717, 1.165) is 31.6 Å². The number of rotatable bonds is 8. The van der Waals surface area contributed by atoms with Crippen molar-refractivity contribution >= 4 is 17.3 Å². The van der Waals surface area contributed by atoms with Gasteiger partial charge >= 0.3 is 0 Å². The number of unbranched alkanes of at least 4 members (excludes halogenated alkanes) is 1. The Labute approximate surface area is 128 Å². The molecule has 0 aliphatic rings. The Morgan fingerprint density at radius 1 is 1.33 bits per heavy atom. The van der Waals surface area contributed by atoms with Crippen LogP contribution in [-0.4, -0.2) is 29.9 Å². The summed E-state index contributed by atoms with van der Waals surface area (Å²) >= 11 is 0. The SMILES string of the molecule is CCCCN(CC)C(C(=O)Nc1cccc(N)c1)C(C)C. The Kier molecular flexibility index (Phi) is 7.23. The molecule has 4 heteroatoms. The predicted molar refractivity (Wildman–Crippen MR) is 90.3 cm³/mol. The molecule has 4 nitrogen and oxygen atoms in total. The molecule has 1 unspecified atom stereocenters. The van der Waals surface area contributed by atoms with Gasteiger partial charge in [-0.05, 0) is 43.6 Å². The van der Waals surface area contributed by atoms with E-state index in [1.54, 1.807) is 6.07 Å². The molecule has 0 heterocycles. The molecule has 1 atom stereocenters. The fourth-order valence-electron chi connectivity index (χ4n) is 2.58. The number of hydrogen-bond donors (Lipinski definition) is 2. The van der Waals surface area contributed by atoms with Crippen molar-refractivity contribution in [2.24, 2.45) is 5.92 Å². The minimum atomic E-state index is -0.108. The second-order valence-corrected chi connectivity index (χ2v) is 5.79. The van der Waals surface area contributed by atoms with Crippen LogP contribution in [0.15, 0.2) is 24.3 Å². The molecule has 0 bridgehead atoms. The number of carbonyl (C=O) groups is 1. The third-order valence-electron chi connectivity index (χ3n) is 3.65. The lowest BCUT2D eigenvalue weighted by atomic mass is 10.0. The summed E-state index contributed by atoms with van der Waals surface area (Å²) in [7, 11) is 0. The molecule has 3 N–H and O–H groups in total. The van der Waals surface area contributed by atoms with Crippen LogP contribution in [-0.2, 0) is 4.79 Å². The molecule has 1 aromatic rings. The van der Waals surface area contributed by atoms with Crippen LogP contribution in [0, 0.1) is 5.92 Å². The Balaban J connectivity index is 2.81. The van der Waals surface area contributed by atoms with E-state index in [4.69, 9.17) is 5.73 Å². The molecule has 0 aliphatic heterocycles. The van der Waals surface area contributed by atoms with Crippen LogP contribution in [0.25, 0.3) is 0 Å². The lowest BCUT2D eigenvalue weighted by Crippen LogP contribution is -2.47. The molecule has 0 aliphatic carbocycles. The van der Waals surface area contributed by atoms with Crippen LogP contribution >= 0.6 is 0 Å². The average molecular weight is 291 g/mol. The van der Waals surface area contributed by atoms with Crippen molar-refractivity contribution in [1.82, 2.24) is 4.90 Å². The monoisotopic (exact) mass is 291 g/mol. The van der Waals surface area contributed by atoms with E-state index in [9.17, 15) is 4.79 Å². The van der Waals surface area contributed by atoms with Gasteiger partial charge in [0, 0.05) is 11.4 Å². The van der Waals surface area contributed by atoms with Crippen LogP contribution in [0.4, 0.5) is 11.4 Å². The second kappa shape index (κ2) is 8.67. The van der Waals surface area contributed by atoms with Gasteiger partial charge in [-0.1, -0.05) is 40.2 Å². The van der Waals surface area contributed by atoms with Crippen molar-refractivity contribution in [2.75, 3.05) is 24.1 Å². The van der Waals surface area contributed by atoms with Gasteiger partial charge < -0.3 is 11.1 Å². The van der Waals surface area contributed by atoms with Gasteiger partial charge in [0.25, 0.3) is 0 Å². The Hall–Kier alpha value is -1.55. The summed E-state index contributed by atoms with van der Waals surface area (Å²) in [4.78, 5) is 14.9. The third-order valence-corrected chi connectivity index (χ3v) is 3.65. The summed E-state index contributed by atoms with van der Waals surface area (Å²) < 4.78 is 0. The fourth-order valence-corrected chi connectivity index (χ4v) is 2.58.